The van der Waals surface area contributed by atoms with Gasteiger partial charge in [-0.3, -0.25) is 0 Å². The van der Waals surface area contributed by atoms with E-state index in [9.17, 15) is 51.7 Å². The Hall–Kier alpha value is -10.1. The van der Waals surface area contributed by atoms with Crippen molar-refractivity contribution in [2.75, 3.05) is 0 Å². The first-order chi connectivity index (χ1) is 33.4. The van der Waals surface area contributed by atoms with Gasteiger partial charge < -0.3 is 8.83 Å². The Morgan fingerprint density at radius 2 is 0.783 bits per heavy atom. The van der Waals surface area contributed by atoms with Crippen LogP contribution in [0.15, 0.2) is 139 Å². The molecule has 2 aromatic carbocycles. The van der Waals surface area contributed by atoms with Crippen LogP contribution < -0.4 is 32.1 Å². The first-order valence-electron chi connectivity index (χ1n) is 21.0. The number of allylic oxidation sites excluding steroid dienone is 4. The fourth-order valence-electron chi connectivity index (χ4n) is 7.89. The molecule has 3 aromatic rings. The molecule has 0 saturated heterocycles. The fourth-order valence-corrected chi connectivity index (χ4v) is 9.01. The maximum Gasteiger partial charge on any atom is 0.344 e. The lowest BCUT2D eigenvalue weighted by atomic mass is 9.88. The van der Waals surface area contributed by atoms with Gasteiger partial charge in [0.15, 0.2) is 0 Å². The minimum Gasteiger partial charge on any atom is -0.422 e. The van der Waals surface area contributed by atoms with Crippen molar-refractivity contribution in [2.24, 2.45) is 0 Å². The molecule has 0 spiro atoms. The molecular weight excluding hydrogens is 881 g/mol. The lowest BCUT2D eigenvalue weighted by Gasteiger charge is -2.13. The highest BCUT2D eigenvalue weighted by atomic mass is 32.1. The predicted molar refractivity (Wildman–Crippen MR) is 258 cm³/mol. The summed E-state index contributed by atoms with van der Waals surface area (Å²) in [7, 11) is 0. The molecule has 0 amide bonds. The number of thiophene rings is 1. The fraction of sp³-hybridized carbons (Fsp3) is 0.107. The molecule has 4 aliphatic rings. The van der Waals surface area contributed by atoms with Crippen LogP contribution in [0.2, 0.25) is 0 Å². The Balaban J connectivity index is 1.64. The second kappa shape index (κ2) is 20.0. The summed E-state index contributed by atoms with van der Waals surface area (Å²) in [5, 5.41) is 82.7. The van der Waals surface area contributed by atoms with Gasteiger partial charge >= 0.3 is 11.3 Å². The number of benzene rings is 2. The molecule has 12 nitrogen and oxygen atoms in total. The molecule has 0 saturated carbocycles. The summed E-state index contributed by atoms with van der Waals surface area (Å²) in [5.74, 6) is 0.428. The molecule has 0 fully saturated rings. The highest BCUT2D eigenvalue weighted by molar-refractivity contribution is 7.14. The van der Waals surface area contributed by atoms with Gasteiger partial charge in [-0.1, -0.05) is 100 Å². The maximum atomic E-state index is 14.3. The molecule has 13 heteroatoms. The number of hydrogen-bond acceptors (Lipinski definition) is 13. The van der Waals surface area contributed by atoms with E-state index >= 15 is 0 Å². The summed E-state index contributed by atoms with van der Waals surface area (Å²) in [6, 6.07) is 45.0. The van der Waals surface area contributed by atoms with E-state index in [1.54, 1.807) is 72.8 Å². The smallest absolute Gasteiger partial charge is 0.344 e. The van der Waals surface area contributed by atoms with Crippen molar-refractivity contribution in [3.05, 3.63) is 194 Å². The van der Waals surface area contributed by atoms with Gasteiger partial charge in [0, 0.05) is 53.6 Å². The standard InChI is InChI=1S/C56H32N8O4S/c1-31(2)37-7-5-9-45-43(21-37)53(55(65)67-45)51(35-15-11-33(12-16-35)39(23-57)24-58)49(41(27-61)28-62)47-19-20-48(69-47)50(42(29-63)30-64)52(36-17-13-34(14-18-36)40(25-59)26-60)54-44-22-38(32(3)4)8-6-10-46(44)68-56(54)66/h5-22,31-32H,1-4H3. The molecule has 2 aliphatic carbocycles. The average molecular weight is 913 g/mol. The van der Waals surface area contributed by atoms with Gasteiger partial charge in [0.05, 0.1) is 11.1 Å². The number of nitriles is 8. The van der Waals surface area contributed by atoms with Gasteiger partial charge in [-0.2, -0.15) is 42.1 Å². The highest BCUT2D eigenvalue weighted by Gasteiger charge is 2.31. The second-order valence-electron chi connectivity index (χ2n) is 15.9. The SMILES string of the molecule is CC(C)c1cccc2oc(=O)c(C(C(=C(C#N)C#N)c3ccc(C(=C(C#N)C#N)C(c4c5cc(C(C)C)cccc-5oc4=O)=c4ccc(=C(C#N)C#N)cc4)s3)=c3ccc(=C(C#N)C#N)cc3)c-2c1. The molecule has 1 aromatic heterocycles. The van der Waals surface area contributed by atoms with Crippen LogP contribution in [0.1, 0.15) is 71.5 Å². The van der Waals surface area contributed by atoms with Crippen molar-refractivity contribution in [3.63, 3.8) is 0 Å². The van der Waals surface area contributed by atoms with Crippen molar-refractivity contribution >= 4 is 44.8 Å². The van der Waals surface area contributed by atoms with Crippen molar-refractivity contribution in [3.8, 4) is 71.2 Å². The molecule has 0 bridgehead atoms. The topological polar surface area (TPSA) is 251 Å². The summed E-state index contributed by atoms with van der Waals surface area (Å²) in [6.45, 7) is 7.90. The van der Waals surface area contributed by atoms with Gasteiger partial charge in [-0.15, -0.1) is 11.3 Å². The molecule has 0 atom stereocenters. The Morgan fingerprint density at radius 3 is 1.09 bits per heavy atom. The van der Waals surface area contributed by atoms with E-state index in [1.807, 2.05) is 88.4 Å². The molecule has 69 heavy (non-hydrogen) atoms. The monoisotopic (exact) mass is 912 g/mol. The third-order valence-corrected chi connectivity index (χ3v) is 12.4. The number of rotatable bonds is 8. The number of nitrogens with zero attached hydrogens (tertiary/aromatic N) is 8. The Bertz CT molecular complexity index is 3700. The van der Waals surface area contributed by atoms with Crippen LogP contribution in [0, 0.1) is 90.6 Å². The first kappa shape index (κ1) is 46.9. The largest absolute Gasteiger partial charge is 0.422 e. The van der Waals surface area contributed by atoms with Crippen LogP contribution in [-0.4, -0.2) is 0 Å². The van der Waals surface area contributed by atoms with E-state index in [4.69, 9.17) is 8.83 Å². The van der Waals surface area contributed by atoms with Crippen LogP contribution >= 0.6 is 11.3 Å². The summed E-state index contributed by atoms with van der Waals surface area (Å²) >= 11 is 0.965. The zero-order chi connectivity index (χ0) is 49.5. The third kappa shape index (κ3) is 8.85. The number of hydrogen-bond donors (Lipinski definition) is 0. The Kier molecular flexibility index (Phi) is 13.5. The van der Waals surface area contributed by atoms with Crippen LogP contribution in [0.4, 0.5) is 0 Å². The normalized spacial score (nSPS) is 10.3. The molecule has 7 rings (SSSR count). The zero-order valence-electron chi connectivity index (χ0n) is 37.2. The van der Waals surface area contributed by atoms with Crippen LogP contribution in [0.5, 0.6) is 0 Å². The Morgan fingerprint density at radius 1 is 0.449 bits per heavy atom. The van der Waals surface area contributed by atoms with Crippen LogP contribution in [0.3, 0.4) is 0 Å². The number of furan rings is 2. The van der Waals surface area contributed by atoms with E-state index in [2.05, 4.69) is 0 Å². The predicted octanol–water partition coefficient (Wildman–Crippen LogP) is 7.91. The van der Waals surface area contributed by atoms with Crippen molar-refractivity contribution in [1.82, 2.24) is 0 Å². The molecular formula is C56H32N8O4S. The lowest BCUT2D eigenvalue weighted by Crippen LogP contribution is -2.17. The molecule has 326 valence electrons. The van der Waals surface area contributed by atoms with Crippen molar-refractivity contribution in [2.45, 2.75) is 39.5 Å². The first-order valence-corrected chi connectivity index (χ1v) is 21.8. The molecule has 0 unspecified atom stereocenters. The van der Waals surface area contributed by atoms with E-state index in [0.717, 1.165) is 22.5 Å². The number of fused-ring (bicyclic) bond motifs is 2. The van der Waals surface area contributed by atoms with Crippen LogP contribution in [0.25, 0.3) is 56.1 Å². The zero-order valence-corrected chi connectivity index (χ0v) is 38.0. The van der Waals surface area contributed by atoms with Gasteiger partial charge in [-0.05, 0) is 69.8 Å². The van der Waals surface area contributed by atoms with E-state index < -0.39 is 22.4 Å². The summed E-state index contributed by atoms with van der Waals surface area (Å²) in [5.41, 5.74) is -0.196. The van der Waals surface area contributed by atoms with Crippen LogP contribution in [-0.2, 0) is 0 Å². The van der Waals surface area contributed by atoms with Gasteiger partial charge in [-0.25, -0.2) is 9.59 Å². The molecule has 2 aliphatic heterocycles. The minimum atomic E-state index is -0.788. The third-order valence-electron chi connectivity index (χ3n) is 11.3. The summed E-state index contributed by atoms with van der Waals surface area (Å²) < 4.78 is 11.7. The summed E-state index contributed by atoms with van der Waals surface area (Å²) in [6.07, 6.45) is 0. The Labute approximate surface area is 398 Å². The van der Waals surface area contributed by atoms with Crippen molar-refractivity contribution < 1.29 is 8.83 Å². The molecule has 0 N–H and O–H groups in total. The van der Waals surface area contributed by atoms with Gasteiger partial charge in [0.1, 0.15) is 82.4 Å². The average Bonchev–Trinajstić information content (AvgIpc) is 3.92. The molecule has 0 radical (unpaired) electrons. The van der Waals surface area contributed by atoms with E-state index in [1.165, 1.54) is 24.3 Å². The second-order valence-corrected chi connectivity index (χ2v) is 17.0. The minimum absolute atomic E-state index is 0.00333. The van der Waals surface area contributed by atoms with Gasteiger partial charge in [0.2, 0.25) is 0 Å². The van der Waals surface area contributed by atoms with E-state index in [0.29, 0.717) is 21.6 Å². The quantitative estimate of drug-likeness (QED) is 0.132. The molecule has 3 heterocycles. The van der Waals surface area contributed by atoms with E-state index in [-0.39, 0.29) is 88.1 Å². The highest BCUT2D eigenvalue weighted by Crippen LogP contribution is 2.44. The maximum absolute atomic E-state index is 14.3. The lowest BCUT2D eigenvalue weighted by molar-refractivity contribution is 0.543. The van der Waals surface area contributed by atoms with Gasteiger partial charge in [0.25, 0.3) is 0 Å². The summed E-state index contributed by atoms with van der Waals surface area (Å²) in [4.78, 5) is 29.1. The van der Waals surface area contributed by atoms with Crippen molar-refractivity contribution in [1.29, 1.82) is 42.1 Å².